The lowest BCUT2D eigenvalue weighted by Crippen LogP contribution is -2.10. The first-order valence-electron chi connectivity index (χ1n) is 19.8. The molecule has 12 rings (SSSR count). The highest BCUT2D eigenvalue weighted by atomic mass is 16.3. The molecule has 0 aliphatic rings. The molecule has 0 fully saturated rings. The predicted octanol–water partition coefficient (Wildman–Crippen LogP) is 14.9. The maximum Gasteiger partial charge on any atom is 0.137 e. The lowest BCUT2D eigenvalue weighted by atomic mass is 9.98. The lowest BCUT2D eigenvalue weighted by molar-refractivity contribution is 0.669. The summed E-state index contributed by atoms with van der Waals surface area (Å²) in [5.74, 6) is 0. The van der Waals surface area contributed by atoms with E-state index in [9.17, 15) is 0 Å². The van der Waals surface area contributed by atoms with Crippen LogP contribution in [-0.2, 0) is 0 Å². The smallest absolute Gasteiger partial charge is 0.137 e. The molecule has 12 aromatic rings. The Kier molecular flexibility index (Phi) is 7.20. The number of rotatable bonds is 6. The largest absolute Gasteiger partial charge is 0.456 e. The van der Waals surface area contributed by atoms with Gasteiger partial charge in [-0.25, -0.2) is 0 Å². The second-order valence-electron chi connectivity index (χ2n) is 14.9. The first kappa shape index (κ1) is 32.4. The van der Waals surface area contributed by atoms with Gasteiger partial charge in [-0.1, -0.05) is 133 Å². The zero-order valence-electron chi connectivity index (χ0n) is 31.5. The van der Waals surface area contributed by atoms with Crippen LogP contribution < -0.4 is 4.90 Å². The maximum atomic E-state index is 6.42. The van der Waals surface area contributed by atoms with E-state index in [0.717, 1.165) is 56.0 Å². The summed E-state index contributed by atoms with van der Waals surface area (Å²) in [5.41, 5.74) is 13.1. The van der Waals surface area contributed by atoms with E-state index >= 15 is 0 Å². The van der Waals surface area contributed by atoms with E-state index < -0.39 is 0 Å². The summed E-state index contributed by atoms with van der Waals surface area (Å²) in [7, 11) is 0. The topological polar surface area (TPSA) is 26.2 Å². The van der Waals surface area contributed by atoms with Gasteiger partial charge in [0.25, 0.3) is 0 Å². The molecule has 0 atom stereocenters. The van der Waals surface area contributed by atoms with E-state index in [-0.39, 0.29) is 0 Å². The molecule has 272 valence electrons. The average molecular weight is 742 g/mol. The van der Waals surface area contributed by atoms with Gasteiger partial charge in [-0.3, -0.25) is 9.13 Å². The van der Waals surface area contributed by atoms with Crippen molar-refractivity contribution < 1.29 is 4.42 Å². The minimum atomic E-state index is 0.864. The second kappa shape index (κ2) is 12.9. The predicted molar refractivity (Wildman–Crippen MR) is 243 cm³/mol. The van der Waals surface area contributed by atoms with Gasteiger partial charge in [0, 0.05) is 44.3 Å². The molecule has 58 heavy (non-hydrogen) atoms. The van der Waals surface area contributed by atoms with E-state index in [1.54, 1.807) is 0 Å². The Labute approximate surface area is 334 Å². The van der Waals surface area contributed by atoms with Gasteiger partial charge in [0.15, 0.2) is 0 Å². The Morgan fingerprint density at radius 1 is 0.362 bits per heavy atom. The molecule has 0 spiro atoms. The van der Waals surface area contributed by atoms with E-state index in [1.165, 1.54) is 49.1 Å². The van der Waals surface area contributed by atoms with Gasteiger partial charge in [-0.2, -0.15) is 0 Å². The molecule has 0 amide bonds. The highest BCUT2D eigenvalue weighted by molar-refractivity contribution is 6.22. The van der Waals surface area contributed by atoms with Crippen molar-refractivity contribution in [1.82, 2.24) is 9.13 Å². The number of anilines is 3. The normalized spacial score (nSPS) is 11.8. The third-order valence-corrected chi connectivity index (χ3v) is 11.7. The Balaban J connectivity index is 1.06. The molecule has 0 saturated heterocycles. The van der Waals surface area contributed by atoms with Crippen molar-refractivity contribution in [3.8, 4) is 22.5 Å². The van der Waals surface area contributed by atoms with Gasteiger partial charge >= 0.3 is 0 Å². The van der Waals surface area contributed by atoms with E-state index in [4.69, 9.17) is 4.42 Å². The fraction of sp³-hybridized carbons (Fsp3) is 0. The van der Waals surface area contributed by atoms with Crippen LogP contribution >= 0.6 is 0 Å². The van der Waals surface area contributed by atoms with Gasteiger partial charge in [0.1, 0.15) is 16.8 Å². The summed E-state index contributed by atoms with van der Waals surface area (Å²) in [4.78, 5) is 2.37. The number of aromatic nitrogens is 2. The van der Waals surface area contributed by atoms with Gasteiger partial charge in [-0.15, -0.1) is 0 Å². The number of benzene rings is 9. The summed E-state index contributed by atoms with van der Waals surface area (Å²) in [6.07, 6.45) is 0. The number of para-hydroxylation sites is 4. The van der Waals surface area contributed by atoms with Crippen LogP contribution in [0.15, 0.2) is 217 Å². The summed E-state index contributed by atoms with van der Waals surface area (Å²) >= 11 is 0. The molecule has 0 bridgehead atoms. The fourth-order valence-electron chi connectivity index (χ4n) is 9.19. The molecule has 9 aromatic carbocycles. The van der Waals surface area contributed by atoms with Crippen LogP contribution in [0.1, 0.15) is 0 Å². The van der Waals surface area contributed by atoms with Gasteiger partial charge < -0.3 is 9.32 Å². The first-order valence-corrected chi connectivity index (χ1v) is 19.8. The van der Waals surface area contributed by atoms with E-state index in [0.29, 0.717) is 0 Å². The average Bonchev–Trinajstić information content (AvgIpc) is 3.95. The number of nitrogens with zero attached hydrogens (tertiary/aromatic N) is 3. The van der Waals surface area contributed by atoms with Crippen molar-refractivity contribution in [2.75, 3.05) is 4.90 Å². The van der Waals surface area contributed by atoms with Crippen molar-refractivity contribution in [3.05, 3.63) is 212 Å². The van der Waals surface area contributed by atoms with E-state index in [1.807, 2.05) is 12.1 Å². The molecule has 0 aliphatic heterocycles. The van der Waals surface area contributed by atoms with Crippen molar-refractivity contribution in [3.63, 3.8) is 0 Å². The zero-order chi connectivity index (χ0) is 38.2. The van der Waals surface area contributed by atoms with Crippen LogP contribution in [0, 0.1) is 0 Å². The zero-order valence-corrected chi connectivity index (χ0v) is 31.5. The SMILES string of the molecule is c1ccc(-n2c3ccccc3c3c4ccccc4n(-c4ccc(N(c5ccc(-c6cccc7ccccc67)cc5)c5cccc6oc7ccccc7c56)cc4)c32)cc1. The first-order chi connectivity index (χ1) is 28.8. The number of furan rings is 1. The minimum absolute atomic E-state index is 0.864. The summed E-state index contributed by atoms with van der Waals surface area (Å²) in [5, 5.41) is 8.40. The summed E-state index contributed by atoms with van der Waals surface area (Å²) in [6, 6.07) is 76.1. The Bertz CT molecular complexity index is 3490. The van der Waals surface area contributed by atoms with Gasteiger partial charge in [-0.05, 0) is 101 Å². The minimum Gasteiger partial charge on any atom is -0.456 e. The van der Waals surface area contributed by atoms with Gasteiger partial charge in [0.2, 0.25) is 0 Å². The van der Waals surface area contributed by atoms with Crippen LogP contribution in [0.25, 0.3) is 88.1 Å². The monoisotopic (exact) mass is 741 g/mol. The van der Waals surface area contributed by atoms with E-state index in [2.05, 4.69) is 214 Å². The molecule has 0 N–H and O–H groups in total. The molecule has 3 aromatic heterocycles. The van der Waals surface area contributed by atoms with Crippen LogP contribution in [0.4, 0.5) is 17.1 Å². The Hall–Kier alpha value is -7.82. The number of fused-ring (bicyclic) bond motifs is 9. The lowest BCUT2D eigenvalue weighted by Gasteiger charge is -2.27. The second-order valence-corrected chi connectivity index (χ2v) is 14.9. The Morgan fingerprint density at radius 2 is 0.897 bits per heavy atom. The van der Waals surface area contributed by atoms with Crippen LogP contribution in [0.2, 0.25) is 0 Å². The van der Waals surface area contributed by atoms with Crippen LogP contribution in [0.3, 0.4) is 0 Å². The molecular formula is C54H35N3O. The van der Waals surface area contributed by atoms with Crippen LogP contribution in [0.5, 0.6) is 0 Å². The number of hydrogen-bond acceptors (Lipinski definition) is 2. The highest BCUT2D eigenvalue weighted by Gasteiger charge is 2.23. The maximum absolute atomic E-state index is 6.42. The van der Waals surface area contributed by atoms with Crippen molar-refractivity contribution in [2.24, 2.45) is 0 Å². The fourth-order valence-corrected chi connectivity index (χ4v) is 9.19. The number of hydrogen-bond donors (Lipinski definition) is 0. The molecule has 0 saturated carbocycles. The van der Waals surface area contributed by atoms with Crippen molar-refractivity contribution in [2.45, 2.75) is 0 Å². The van der Waals surface area contributed by atoms with Crippen molar-refractivity contribution in [1.29, 1.82) is 0 Å². The molecule has 0 unspecified atom stereocenters. The third-order valence-electron chi connectivity index (χ3n) is 11.7. The molecular weight excluding hydrogens is 707 g/mol. The summed E-state index contributed by atoms with van der Waals surface area (Å²) < 4.78 is 11.3. The molecule has 0 radical (unpaired) electrons. The highest BCUT2D eigenvalue weighted by Crippen LogP contribution is 2.45. The molecule has 4 heteroatoms. The molecule has 0 aliphatic carbocycles. The third kappa shape index (κ3) is 4.88. The van der Waals surface area contributed by atoms with Crippen LogP contribution in [-0.4, -0.2) is 9.13 Å². The molecule has 3 heterocycles. The van der Waals surface area contributed by atoms with Gasteiger partial charge in [0.05, 0.1) is 22.1 Å². The quantitative estimate of drug-likeness (QED) is 0.170. The van der Waals surface area contributed by atoms with Crippen molar-refractivity contribution >= 4 is 82.6 Å². The Morgan fingerprint density at radius 3 is 1.62 bits per heavy atom. The summed E-state index contributed by atoms with van der Waals surface area (Å²) in [6.45, 7) is 0. The standard InChI is InChI=1S/C54H35N3O/c1-2-16-38(17-3-1)56-47-23-9-6-19-44(47)52-45-20-7-10-24-48(45)57(54(52)56)41-34-32-40(33-35-41)55(49-25-13-27-51-53(49)46-21-8-11-26-50(46)58-51)39-30-28-37(29-31-39)43-22-12-15-36-14-4-5-18-42(36)43/h1-35H. The molecule has 4 nitrogen and oxygen atoms in total.